The molecule has 0 amide bonds. The summed E-state index contributed by atoms with van der Waals surface area (Å²) in [5, 5.41) is 20.2. The third kappa shape index (κ3) is 6.19. The Morgan fingerprint density at radius 1 is 1.23 bits per heavy atom. The molecule has 1 aliphatic rings. The van der Waals surface area contributed by atoms with Gasteiger partial charge in [-0.15, -0.1) is 0 Å². The van der Waals surface area contributed by atoms with Crippen molar-refractivity contribution in [2.75, 3.05) is 18.0 Å². The molecule has 0 radical (unpaired) electrons. The Hall–Kier alpha value is -1.64. The van der Waals surface area contributed by atoms with E-state index in [-0.39, 0.29) is 17.0 Å². The number of piperidine rings is 1. The van der Waals surface area contributed by atoms with Crippen molar-refractivity contribution in [2.24, 2.45) is 5.41 Å². The normalized spacial score (nSPS) is 17.8. The summed E-state index contributed by atoms with van der Waals surface area (Å²) in [7, 11) is -1.71. The van der Waals surface area contributed by atoms with Crippen LogP contribution in [0.1, 0.15) is 78.7 Å². The summed E-state index contributed by atoms with van der Waals surface area (Å²) < 4.78 is 11.7. The Bertz CT molecular complexity index is 749. The van der Waals surface area contributed by atoms with E-state index in [1.807, 2.05) is 27.7 Å². The maximum absolute atomic E-state index is 13.1. The van der Waals surface area contributed by atoms with Crippen molar-refractivity contribution in [3.63, 3.8) is 0 Å². The highest BCUT2D eigenvalue weighted by molar-refractivity contribution is 6.60. The first-order valence-corrected chi connectivity index (χ1v) is 10.7. The van der Waals surface area contributed by atoms with Gasteiger partial charge in [-0.05, 0) is 59.8 Å². The van der Waals surface area contributed by atoms with Gasteiger partial charge in [0, 0.05) is 41.7 Å². The van der Waals surface area contributed by atoms with Gasteiger partial charge in [-0.3, -0.25) is 4.98 Å². The average molecular weight is 420 g/mol. The van der Waals surface area contributed by atoms with E-state index in [4.69, 9.17) is 9.47 Å². The number of aryl methyl sites for hydroxylation is 1. The van der Waals surface area contributed by atoms with Crippen molar-refractivity contribution in [3.05, 3.63) is 17.5 Å². The van der Waals surface area contributed by atoms with Gasteiger partial charge in [0.15, 0.2) is 6.10 Å². The molecule has 1 aromatic rings. The zero-order chi connectivity index (χ0) is 22.9. The first-order valence-electron chi connectivity index (χ1n) is 10.7. The molecular weight excluding hydrogens is 383 g/mol. The van der Waals surface area contributed by atoms with Gasteiger partial charge in [0.2, 0.25) is 0 Å². The summed E-state index contributed by atoms with van der Waals surface area (Å²) >= 11 is 0. The fourth-order valence-electron chi connectivity index (χ4n) is 3.69. The number of pyridine rings is 1. The van der Waals surface area contributed by atoms with Crippen LogP contribution in [-0.4, -0.2) is 52.9 Å². The van der Waals surface area contributed by atoms with E-state index in [2.05, 4.69) is 23.7 Å². The van der Waals surface area contributed by atoms with Crippen LogP contribution in [0.4, 0.5) is 5.69 Å². The van der Waals surface area contributed by atoms with Crippen LogP contribution in [0.15, 0.2) is 6.20 Å². The van der Waals surface area contributed by atoms with Crippen LogP contribution in [0.5, 0.6) is 0 Å². The summed E-state index contributed by atoms with van der Waals surface area (Å²) in [5.74, 6) is -0.506. The number of carbonyl (C=O) groups excluding carboxylic acids is 1. The smallest absolute Gasteiger partial charge is 0.461 e. The molecule has 1 fully saturated rings. The largest absolute Gasteiger partial charge is 0.492 e. The van der Waals surface area contributed by atoms with Gasteiger partial charge < -0.3 is 24.4 Å². The number of aromatic nitrogens is 1. The fraction of sp³-hybridized carbons (Fsp3) is 0.727. The Morgan fingerprint density at radius 2 is 1.80 bits per heavy atom. The summed E-state index contributed by atoms with van der Waals surface area (Å²) in [4.78, 5) is 19.6. The van der Waals surface area contributed by atoms with E-state index >= 15 is 0 Å². The van der Waals surface area contributed by atoms with E-state index < -0.39 is 24.8 Å². The minimum atomic E-state index is -1.71. The maximum Gasteiger partial charge on any atom is 0.492 e. The topological polar surface area (TPSA) is 92.1 Å². The lowest BCUT2D eigenvalue weighted by molar-refractivity contribution is -0.171. The molecule has 2 heterocycles. The summed E-state index contributed by atoms with van der Waals surface area (Å²) in [6.07, 6.45) is 2.05. The van der Waals surface area contributed by atoms with Gasteiger partial charge in [-0.1, -0.05) is 13.8 Å². The number of ether oxygens (including phenoxy) is 2. The molecule has 0 aliphatic carbocycles. The Kier molecular flexibility index (Phi) is 7.59. The Morgan fingerprint density at radius 3 is 2.27 bits per heavy atom. The lowest BCUT2D eigenvalue weighted by Gasteiger charge is -2.41. The molecule has 1 aliphatic heterocycles. The molecule has 0 saturated carbocycles. The van der Waals surface area contributed by atoms with Crippen LogP contribution < -0.4 is 10.4 Å². The highest BCUT2D eigenvalue weighted by Crippen LogP contribution is 2.38. The number of hydrogen-bond acceptors (Lipinski definition) is 7. The number of hydrogen-bond donors (Lipinski definition) is 2. The van der Waals surface area contributed by atoms with Crippen LogP contribution in [0.2, 0.25) is 0 Å². The second-order valence-corrected chi connectivity index (χ2v) is 10.2. The molecule has 0 bridgehead atoms. The lowest BCUT2D eigenvalue weighted by Crippen LogP contribution is -2.45. The molecule has 7 nitrogen and oxygen atoms in total. The van der Waals surface area contributed by atoms with Crippen LogP contribution in [0.3, 0.4) is 0 Å². The predicted octanol–water partition coefficient (Wildman–Crippen LogP) is 2.50. The highest BCUT2D eigenvalue weighted by atomic mass is 16.6. The minimum absolute atomic E-state index is 0.217. The number of carbonyl (C=O) groups is 1. The van der Waals surface area contributed by atoms with Crippen LogP contribution >= 0.6 is 0 Å². The summed E-state index contributed by atoms with van der Waals surface area (Å²) in [6, 6.07) is 0. The Balaban J connectivity index is 2.64. The van der Waals surface area contributed by atoms with Gasteiger partial charge in [-0.25, -0.2) is 4.79 Å². The number of rotatable bonds is 6. The second-order valence-electron chi connectivity index (χ2n) is 10.2. The molecule has 30 heavy (non-hydrogen) atoms. The average Bonchev–Trinajstić information content (AvgIpc) is 2.58. The van der Waals surface area contributed by atoms with Crippen molar-refractivity contribution < 1.29 is 24.3 Å². The van der Waals surface area contributed by atoms with Gasteiger partial charge in [0.25, 0.3) is 0 Å². The van der Waals surface area contributed by atoms with E-state index in [1.54, 1.807) is 13.8 Å². The van der Waals surface area contributed by atoms with Crippen LogP contribution in [0, 0.1) is 12.3 Å². The first kappa shape index (κ1) is 24.6. The quantitative estimate of drug-likeness (QED) is 0.540. The van der Waals surface area contributed by atoms with Crippen molar-refractivity contribution >= 4 is 24.2 Å². The lowest BCUT2D eigenvalue weighted by atomic mass is 9.76. The van der Waals surface area contributed by atoms with Crippen LogP contribution in [-0.2, 0) is 14.3 Å². The number of anilines is 1. The molecule has 8 heteroatoms. The maximum atomic E-state index is 13.1. The summed E-state index contributed by atoms with van der Waals surface area (Å²) in [6.45, 7) is 17.0. The fourth-order valence-corrected chi connectivity index (χ4v) is 3.69. The molecule has 168 valence electrons. The van der Waals surface area contributed by atoms with E-state index in [0.29, 0.717) is 16.9 Å². The van der Waals surface area contributed by atoms with Gasteiger partial charge in [-0.2, -0.15) is 0 Å². The predicted molar refractivity (Wildman–Crippen MR) is 119 cm³/mol. The van der Waals surface area contributed by atoms with Crippen molar-refractivity contribution in [3.8, 4) is 0 Å². The Labute approximate surface area is 180 Å². The van der Waals surface area contributed by atoms with E-state index in [0.717, 1.165) is 25.9 Å². The number of nitrogens with zero attached hydrogens (tertiary/aromatic N) is 2. The zero-order valence-corrected chi connectivity index (χ0v) is 19.7. The second kappa shape index (κ2) is 9.24. The van der Waals surface area contributed by atoms with Gasteiger partial charge in [0.1, 0.15) is 0 Å². The molecule has 2 rings (SSSR count). The minimum Gasteiger partial charge on any atom is -0.461 e. The molecule has 1 atom stereocenters. The first-order chi connectivity index (χ1) is 13.7. The van der Waals surface area contributed by atoms with Crippen molar-refractivity contribution in [2.45, 2.75) is 86.0 Å². The molecule has 1 saturated heterocycles. The van der Waals surface area contributed by atoms with Crippen molar-refractivity contribution in [1.29, 1.82) is 0 Å². The standard InChI is InChI=1S/C22H37BN2O5/c1-14(2)29-20(26)19(30-21(4,5)6)17-15(3)24-13-16(23(27)28)18(17)25-11-9-22(7,8)10-12-25/h13-14,19,27-28H,9-12H2,1-8H3/t19-/m0/s1. The van der Waals surface area contributed by atoms with E-state index in [9.17, 15) is 14.8 Å². The van der Waals surface area contributed by atoms with Gasteiger partial charge in [0.05, 0.1) is 11.7 Å². The third-order valence-corrected chi connectivity index (χ3v) is 5.33. The number of esters is 1. The monoisotopic (exact) mass is 420 g/mol. The molecule has 0 spiro atoms. The molecule has 0 unspecified atom stereocenters. The zero-order valence-electron chi connectivity index (χ0n) is 19.7. The van der Waals surface area contributed by atoms with Gasteiger partial charge >= 0.3 is 13.1 Å². The van der Waals surface area contributed by atoms with Crippen molar-refractivity contribution in [1.82, 2.24) is 4.98 Å². The third-order valence-electron chi connectivity index (χ3n) is 5.33. The molecule has 0 aromatic carbocycles. The molecule has 2 N–H and O–H groups in total. The summed E-state index contributed by atoms with van der Waals surface area (Å²) in [5.41, 5.74) is 1.63. The van der Waals surface area contributed by atoms with Crippen LogP contribution in [0.25, 0.3) is 0 Å². The SMILES string of the molecule is Cc1ncc(B(O)O)c(N2CCC(C)(C)CC2)c1[C@H](OC(C)(C)C)C(=O)OC(C)C. The molecular formula is C22H37BN2O5. The van der Waals surface area contributed by atoms with E-state index in [1.165, 1.54) is 6.20 Å². The highest BCUT2D eigenvalue weighted by Gasteiger charge is 2.38. The molecule has 1 aromatic heterocycles.